The van der Waals surface area contributed by atoms with Gasteiger partial charge in [-0.1, -0.05) is 75.2 Å². The molecule has 0 heterocycles. The van der Waals surface area contributed by atoms with Crippen molar-refractivity contribution in [2.24, 2.45) is 5.92 Å². The molecule has 0 saturated carbocycles. The summed E-state index contributed by atoms with van der Waals surface area (Å²) in [5.74, 6) is 0.481. The van der Waals surface area contributed by atoms with Crippen LogP contribution in [0.4, 0.5) is 0 Å². The summed E-state index contributed by atoms with van der Waals surface area (Å²) in [5.41, 5.74) is 1.44. The number of unbranched alkanes of at least 4 members (excludes halogenated alkanes) is 4. The third kappa shape index (κ3) is 11.4. The van der Waals surface area contributed by atoms with E-state index in [4.69, 9.17) is 0 Å². The molecule has 0 spiro atoms. The van der Waals surface area contributed by atoms with E-state index in [9.17, 15) is 4.79 Å². The van der Waals surface area contributed by atoms with Gasteiger partial charge in [-0.05, 0) is 37.2 Å². The van der Waals surface area contributed by atoms with E-state index in [-0.39, 0.29) is 5.91 Å². The molecular formula is C21H31NO. The van der Waals surface area contributed by atoms with Crippen LogP contribution in [-0.4, -0.2) is 12.5 Å². The highest BCUT2D eigenvalue weighted by Gasteiger charge is 1.96. The molecule has 0 radical (unpaired) electrons. The van der Waals surface area contributed by atoms with Gasteiger partial charge in [0.05, 0.1) is 0 Å². The van der Waals surface area contributed by atoms with Crippen LogP contribution in [0.1, 0.15) is 51.5 Å². The van der Waals surface area contributed by atoms with Crippen molar-refractivity contribution in [3.63, 3.8) is 0 Å². The first-order valence-corrected chi connectivity index (χ1v) is 8.83. The van der Waals surface area contributed by atoms with E-state index in [0.717, 1.165) is 13.0 Å². The average molecular weight is 313 g/mol. The first-order chi connectivity index (χ1) is 11.2. The van der Waals surface area contributed by atoms with E-state index in [0.29, 0.717) is 5.92 Å². The SMILES string of the molecule is CC(C)CNC(=O)/C=C/C=C/CCCCCCc1ccccc1. The molecule has 0 bridgehead atoms. The third-order valence-corrected chi connectivity index (χ3v) is 3.61. The zero-order valence-electron chi connectivity index (χ0n) is 14.6. The minimum Gasteiger partial charge on any atom is -0.352 e. The van der Waals surface area contributed by atoms with Gasteiger partial charge in [0, 0.05) is 12.6 Å². The first-order valence-electron chi connectivity index (χ1n) is 8.83. The van der Waals surface area contributed by atoms with Crippen LogP contribution in [0.3, 0.4) is 0 Å². The Morgan fingerprint density at radius 3 is 2.52 bits per heavy atom. The van der Waals surface area contributed by atoms with Crippen LogP contribution in [0.2, 0.25) is 0 Å². The quantitative estimate of drug-likeness (QED) is 0.345. The Kier molecular flexibility index (Phi) is 10.6. The highest BCUT2D eigenvalue weighted by molar-refractivity contribution is 5.87. The van der Waals surface area contributed by atoms with Crippen LogP contribution < -0.4 is 5.32 Å². The maximum atomic E-state index is 11.4. The number of nitrogens with one attached hydrogen (secondary N) is 1. The smallest absolute Gasteiger partial charge is 0.243 e. The van der Waals surface area contributed by atoms with Crippen molar-refractivity contribution in [1.82, 2.24) is 5.32 Å². The molecular weight excluding hydrogens is 282 g/mol. The molecule has 1 aromatic carbocycles. The lowest BCUT2D eigenvalue weighted by Gasteiger charge is -2.03. The Morgan fingerprint density at radius 1 is 1.04 bits per heavy atom. The molecule has 0 aliphatic rings. The standard InChI is InChI=1S/C21H31NO/c1-19(2)18-22-21(23)17-13-8-6-4-3-5-7-10-14-20-15-11-9-12-16-20/h6,8-9,11-13,15-17,19H,3-5,7,10,14,18H2,1-2H3,(H,22,23)/b8-6+,17-13+. The Balaban J connectivity index is 1.97. The van der Waals surface area contributed by atoms with E-state index in [1.165, 1.54) is 37.7 Å². The van der Waals surface area contributed by atoms with E-state index in [1.807, 2.05) is 12.2 Å². The van der Waals surface area contributed by atoms with Crippen molar-refractivity contribution in [3.05, 3.63) is 60.2 Å². The predicted octanol–water partition coefficient (Wildman–Crippen LogP) is 5.06. The lowest BCUT2D eigenvalue weighted by Crippen LogP contribution is -2.25. The van der Waals surface area contributed by atoms with Gasteiger partial charge < -0.3 is 5.32 Å². The molecule has 1 amide bonds. The molecule has 1 aromatic rings. The summed E-state index contributed by atoms with van der Waals surface area (Å²) < 4.78 is 0. The summed E-state index contributed by atoms with van der Waals surface area (Å²) in [6.45, 7) is 4.91. The number of carbonyl (C=O) groups is 1. The van der Waals surface area contributed by atoms with Gasteiger partial charge in [-0.25, -0.2) is 0 Å². The number of aryl methyl sites for hydroxylation is 1. The maximum Gasteiger partial charge on any atom is 0.243 e. The molecule has 2 heteroatoms. The largest absolute Gasteiger partial charge is 0.352 e. The van der Waals surface area contributed by atoms with Crippen molar-refractivity contribution in [2.75, 3.05) is 6.54 Å². The number of benzene rings is 1. The Morgan fingerprint density at radius 2 is 1.78 bits per heavy atom. The van der Waals surface area contributed by atoms with E-state index < -0.39 is 0 Å². The molecule has 0 saturated heterocycles. The van der Waals surface area contributed by atoms with Gasteiger partial charge in [0.25, 0.3) is 0 Å². The number of amides is 1. The third-order valence-electron chi connectivity index (χ3n) is 3.61. The van der Waals surface area contributed by atoms with Gasteiger partial charge in [0.2, 0.25) is 5.91 Å². The molecule has 0 atom stereocenters. The average Bonchev–Trinajstić information content (AvgIpc) is 2.55. The van der Waals surface area contributed by atoms with Crippen molar-refractivity contribution >= 4 is 5.91 Å². The fourth-order valence-corrected chi connectivity index (χ4v) is 2.27. The van der Waals surface area contributed by atoms with Crippen LogP contribution in [-0.2, 0) is 11.2 Å². The molecule has 0 aromatic heterocycles. The fourth-order valence-electron chi connectivity index (χ4n) is 2.27. The van der Waals surface area contributed by atoms with Crippen LogP contribution in [0.15, 0.2) is 54.6 Å². The molecule has 2 nitrogen and oxygen atoms in total. The fraction of sp³-hybridized carbons (Fsp3) is 0.476. The van der Waals surface area contributed by atoms with E-state index >= 15 is 0 Å². The zero-order valence-corrected chi connectivity index (χ0v) is 14.6. The molecule has 23 heavy (non-hydrogen) atoms. The van der Waals surface area contributed by atoms with Gasteiger partial charge in [-0.3, -0.25) is 4.79 Å². The van der Waals surface area contributed by atoms with Crippen molar-refractivity contribution in [2.45, 2.75) is 52.4 Å². The highest BCUT2D eigenvalue weighted by Crippen LogP contribution is 2.09. The Bertz CT molecular complexity index is 474. The highest BCUT2D eigenvalue weighted by atomic mass is 16.1. The minimum atomic E-state index is -0.00994. The van der Waals surface area contributed by atoms with Gasteiger partial charge in [-0.2, -0.15) is 0 Å². The maximum absolute atomic E-state index is 11.4. The van der Waals surface area contributed by atoms with Crippen molar-refractivity contribution in [3.8, 4) is 0 Å². The second-order valence-corrected chi connectivity index (χ2v) is 6.36. The van der Waals surface area contributed by atoms with Gasteiger partial charge in [0.15, 0.2) is 0 Å². The predicted molar refractivity (Wildman–Crippen MR) is 99.4 cm³/mol. The summed E-state index contributed by atoms with van der Waals surface area (Å²) in [6.07, 6.45) is 14.9. The Labute approximate surface area is 141 Å². The first kappa shape index (κ1) is 19.2. The van der Waals surface area contributed by atoms with E-state index in [1.54, 1.807) is 6.08 Å². The number of hydrogen-bond acceptors (Lipinski definition) is 1. The second kappa shape index (κ2) is 12.7. The van der Waals surface area contributed by atoms with Crippen LogP contribution in [0.25, 0.3) is 0 Å². The molecule has 0 fully saturated rings. The van der Waals surface area contributed by atoms with Gasteiger partial charge in [0.1, 0.15) is 0 Å². The summed E-state index contributed by atoms with van der Waals surface area (Å²) in [4.78, 5) is 11.4. The summed E-state index contributed by atoms with van der Waals surface area (Å²) in [7, 11) is 0. The van der Waals surface area contributed by atoms with Crippen LogP contribution >= 0.6 is 0 Å². The Hall–Kier alpha value is -1.83. The lowest BCUT2D eigenvalue weighted by atomic mass is 10.1. The zero-order chi connectivity index (χ0) is 16.8. The van der Waals surface area contributed by atoms with Crippen molar-refractivity contribution in [1.29, 1.82) is 0 Å². The minimum absolute atomic E-state index is 0.00994. The van der Waals surface area contributed by atoms with Gasteiger partial charge >= 0.3 is 0 Å². The summed E-state index contributed by atoms with van der Waals surface area (Å²) in [6, 6.07) is 10.7. The van der Waals surface area contributed by atoms with Crippen molar-refractivity contribution < 1.29 is 4.79 Å². The number of hydrogen-bond donors (Lipinski definition) is 1. The molecule has 0 unspecified atom stereocenters. The molecule has 1 N–H and O–H groups in total. The molecule has 0 aliphatic carbocycles. The van der Waals surface area contributed by atoms with Gasteiger partial charge in [-0.15, -0.1) is 0 Å². The number of carbonyl (C=O) groups excluding carboxylic acids is 1. The second-order valence-electron chi connectivity index (χ2n) is 6.36. The summed E-state index contributed by atoms with van der Waals surface area (Å²) in [5, 5.41) is 2.86. The molecule has 1 rings (SSSR count). The van der Waals surface area contributed by atoms with Crippen LogP contribution in [0, 0.1) is 5.92 Å². The molecule has 0 aliphatic heterocycles. The number of allylic oxidation sites excluding steroid dienone is 3. The normalized spacial score (nSPS) is 11.6. The monoisotopic (exact) mass is 313 g/mol. The van der Waals surface area contributed by atoms with Crippen LogP contribution in [0.5, 0.6) is 0 Å². The summed E-state index contributed by atoms with van der Waals surface area (Å²) >= 11 is 0. The number of rotatable bonds is 11. The topological polar surface area (TPSA) is 29.1 Å². The molecule has 126 valence electrons. The van der Waals surface area contributed by atoms with E-state index in [2.05, 4.69) is 55.6 Å². The lowest BCUT2D eigenvalue weighted by molar-refractivity contribution is -0.116.